The number of hydrogen-bond donors (Lipinski definition) is 3. The van der Waals surface area contributed by atoms with Gasteiger partial charge in [-0.15, -0.1) is 16.9 Å². The van der Waals surface area contributed by atoms with E-state index in [4.69, 9.17) is 11.6 Å². The molecule has 0 spiro atoms. The second kappa shape index (κ2) is 8.66. The zero-order valence-corrected chi connectivity index (χ0v) is 16.9. The van der Waals surface area contributed by atoms with Gasteiger partial charge in [0, 0.05) is 17.3 Å². The Kier molecular flexibility index (Phi) is 5.82. The topological polar surface area (TPSA) is 69.3 Å². The molecule has 9 heteroatoms. The summed E-state index contributed by atoms with van der Waals surface area (Å²) >= 11 is 8.76. The van der Waals surface area contributed by atoms with E-state index in [-0.39, 0.29) is 5.91 Å². The second-order valence-electron chi connectivity index (χ2n) is 5.78. The maximum Gasteiger partial charge on any atom is 0.261 e. The molecule has 0 bridgehead atoms. The van der Waals surface area contributed by atoms with Crippen LogP contribution in [0.5, 0.6) is 0 Å². The molecule has 1 aliphatic heterocycles. The Labute approximate surface area is 175 Å². The van der Waals surface area contributed by atoms with E-state index >= 15 is 0 Å². The van der Waals surface area contributed by atoms with E-state index in [1.807, 2.05) is 53.7 Å². The van der Waals surface area contributed by atoms with Crippen molar-refractivity contribution < 1.29 is 4.79 Å². The van der Waals surface area contributed by atoms with E-state index < -0.39 is 0 Å². The third-order valence-electron chi connectivity index (χ3n) is 3.88. The number of nitrogens with one attached hydrogen (secondary N) is 3. The maximum absolute atomic E-state index is 12.2. The van der Waals surface area contributed by atoms with Gasteiger partial charge in [-0.05, 0) is 48.5 Å². The molecule has 28 heavy (non-hydrogen) atoms. The van der Waals surface area contributed by atoms with E-state index in [9.17, 15) is 4.79 Å². The number of halogens is 1. The minimum Gasteiger partial charge on any atom is -0.346 e. The Morgan fingerprint density at radius 3 is 2.75 bits per heavy atom. The van der Waals surface area contributed by atoms with E-state index in [2.05, 4.69) is 21.3 Å². The fourth-order valence-corrected chi connectivity index (χ4v) is 4.30. The molecule has 0 aliphatic carbocycles. The molecule has 1 aromatic carbocycles. The van der Waals surface area contributed by atoms with Crippen molar-refractivity contribution in [2.24, 2.45) is 0 Å². The first kappa shape index (κ1) is 18.8. The van der Waals surface area contributed by atoms with Crippen LogP contribution in [-0.4, -0.2) is 17.4 Å². The van der Waals surface area contributed by atoms with Crippen LogP contribution in [0.3, 0.4) is 0 Å². The fraction of sp³-hybridized carbons (Fsp3) is 0.0526. The second-order valence-corrected chi connectivity index (χ2v) is 8.59. The summed E-state index contributed by atoms with van der Waals surface area (Å²) in [4.78, 5) is 18.2. The van der Waals surface area contributed by atoms with E-state index in [0.717, 1.165) is 21.3 Å². The molecule has 2 aromatic heterocycles. The molecule has 3 heterocycles. The summed E-state index contributed by atoms with van der Waals surface area (Å²) in [6, 6.07) is 17.4. The number of hydrazine groups is 2. The van der Waals surface area contributed by atoms with Gasteiger partial charge in [0.15, 0.2) is 0 Å². The van der Waals surface area contributed by atoms with Crippen LogP contribution in [0.2, 0.25) is 4.34 Å². The van der Waals surface area contributed by atoms with Crippen LogP contribution in [0.15, 0.2) is 82.6 Å². The number of anilines is 1. The zero-order chi connectivity index (χ0) is 19.3. The number of amides is 1. The Balaban J connectivity index is 1.38. The number of benzene rings is 1. The SMILES string of the molecule is O=C(NCC1=CNNN1c1ccc(Sc2ccccn2)cc1)c1ccc(Cl)s1. The van der Waals surface area contributed by atoms with Gasteiger partial charge in [0.2, 0.25) is 0 Å². The van der Waals surface area contributed by atoms with Gasteiger partial charge in [-0.2, -0.15) is 0 Å². The van der Waals surface area contributed by atoms with Crippen LogP contribution in [-0.2, 0) is 0 Å². The van der Waals surface area contributed by atoms with Gasteiger partial charge in [0.1, 0.15) is 5.03 Å². The fourth-order valence-electron chi connectivity index (χ4n) is 2.56. The van der Waals surface area contributed by atoms with Crippen molar-refractivity contribution >= 4 is 46.3 Å². The smallest absolute Gasteiger partial charge is 0.261 e. The molecule has 142 valence electrons. The normalized spacial score (nSPS) is 13.2. The molecule has 0 fully saturated rings. The predicted molar refractivity (Wildman–Crippen MR) is 113 cm³/mol. The number of thiophene rings is 1. The summed E-state index contributed by atoms with van der Waals surface area (Å²) in [7, 11) is 0. The van der Waals surface area contributed by atoms with Crippen molar-refractivity contribution in [1.82, 2.24) is 21.3 Å². The Morgan fingerprint density at radius 1 is 1.18 bits per heavy atom. The Bertz CT molecular complexity index is 991. The summed E-state index contributed by atoms with van der Waals surface area (Å²) in [6.07, 6.45) is 3.60. The van der Waals surface area contributed by atoms with Gasteiger partial charge >= 0.3 is 0 Å². The molecular formula is C19H16ClN5OS2. The molecular weight excluding hydrogens is 414 g/mol. The summed E-state index contributed by atoms with van der Waals surface area (Å²) in [6.45, 7) is 0.374. The Hall–Kier alpha value is -2.52. The zero-order valence-electron chi connectivity index (χ0n) is 14.6. The third kappa shape index (κ3) is 4.48. The number of pyridine rings is 1. The molecule has 0 atom stereocenters. The van der Waals surface area contributed by atoms with Gasteiger partial charge in [-0.3, -0.25) is 9.80 Å². The average Bonchev–Trinajstić information content (AvgIpc) is 3.36. The highest BCUT2D eigenvalue weighted by atomic mass is 35.5. The van der Waals surface area contributed by atoms with Crippen molar-refractivity contribution in [2.75, 3.05) is 11.6 Å². The van der Waals surface area contributed by atoms with Crippen molar-refractivity contribution in [3.05, 3.63) is 81.9 Å². The predicted octanol–water partition coefficient (Wildman–Crippen LogP) is 4.05. The lowest BCUT2D eigenvalue weighted by Gasteiger charge is -2.21. The van der Waals surface area contributed by atoms with Crippen LogP contribution in [0.1, 0.15) is 9.67 Å². The molecule has 0 saturated carbocycles. The van der Waals surface area contributed by atoms with Gasteiger partial charge in [-0.1, -0.05) is 29.4 Å². The van der Waals surface area contributed by atoms with Crippen molar-refractivity contribution in [3.8, 4) is 0 Å². The molecule has 0 radical (unpaired) electrons. The van der Waals surface area contributed by atoms with Gasteiger partial charge < -0.3 is 10.7 Å². The highest BCUT2D eigenvalue weighted by Crippen LogP contribution is 2.28. The molecule has 3 aromatic rings. The van der Waals surface area contributed by atoms with Crippen LogP contribution >= 0.6 is 34.7 Å². The minimum atomic E-state index is -0.147. The molecule has 6 nitrogen and oxygen atoms in total. The summed E-state index contributed by atoms with van der Waals surface area (Å²) in [5.74, 6) is -0.147. The number of nitrogens with zero attached hydrogens (tertiary/aromatic N) is 2. The molecule has 3 N–H and O–H groups in total. The molecule has 4 rings (SSSR count). The van der Waals surface area contributed by atoms with E-state index in [1.54, 1.807) is 30.1 Å². The first-order chi connectivity index (χ1) is 13.7. The largest absolute Gasteiger partial charge is 0.346 e. The lowest BCUT2D eigenvalue weighted by atomic mass is 10.3. The van der Waals surface area contributed by atoms with Crippen LogP contribution in [0, 0.1) is 0 Å². The van der Waals surface area contributed by atoms with Crippen LogP contribution in [0.4, 0.5) is 5.69 Å². The standard InChI is InChI=1S/C19H16ClN5OS2/c20-17-9-8-16(28-17)19(26)22-11-14-12-23-24-25(14)13-4-6-15(7-5-13)27-18-3-1-2-10-21-18/h1-10,12,23-24H,11H2,(H,22,26). The number of carbonyl (C=O) groups is 1. The van der Waals surface area contributed by atoms with Gasteiger partial charge in [0.25, 0.3) is 5.91 Å². The summed E-state index contributed by atoms with van der Waals surface area (Å²) < 4.78 is 0.596. The van der Waals surface area contributed by atoms with Gasteiger partial charge in [-0.25, -0.2) is 4.98 Å². The van der Waals surface area contributed by atoms with Crippen molar-refractivity contribution in [3.63, 3.8) is 0 Å². The third-order valence-corrected chi connectivity index (χ3v) is 6.07. The lowest BCUT2D eigenvalue weighted by molar-refractivity contribution is 0.0961. The molecule has 0 unspecified atom stereocenters. The van der Waals surface area contributed by atoms with Crippen molar-refractivity contribution in [2.45, 2.75) is 9.92 Å². The molecule has 1 aliphatic rings. The number of rotatable bonds is 6. The average molecular weight is 430 g/mol. The maximum atomic E-state index is 12.2. The Morgan fingerprint density at radius 2 is 2.04 bits per heavy atom. The first-order valence-electron chi connectivity index (χ1n) is 8.42. The van der Waals surface area contributed by atoms with Gasteiger partial charge in [0.05, 0.1) is 27.1 Å². The highest BCUT2D eigenvalue weighted by molar-refractivity contribution is 7.99. The number of carbonyl (C=O) groups excluding carboxylic acids is 1. The number of hydrogen-bond acceptors (Lipinski definition) is 7. The molecule has 1 amide bonds. The lowest BCUT2D eigenvalue weighted by Crippen LogP contribution is -2.40. The first-order valence-corrected chi connectivity index (χ1v) is 10.4. The monoisotopic (exact) mass is 429 g/mol. The quantitative estimate of drug-likeness (QED) is 0.549. The van der Waals surface area contributed by atoms with E-state index in [1.165, 1.54) is 11.3 Å². The van der Waals surface area contributed by atoms with Crippen LogP contribution < -0.4 is 21.3 Å². The van der Waals surface area contributed by atoms with Crippen molar-refractivity contribution in [1.29, 1.82) is 0 Å². The minimum absolute atomic E-state index is 0.147. The van der Waals surface area contributed by atoms with E-state index in [0.29, 0.717) is 15.8 Å². The summed E-state index contributed by atoms with van der Waals surface area (Å²) in [5.41, 5.74) is 7.88. The summed E-state index contributed by atoms with van der Waals surface area (Å²) in [5, 5.41) is 5.75. The molecule has 0 saturated heterocycles. The number of aromatic nitrogens is 1. The highest BCUT2D eigenvalue weighted by Gasteiger charge is 2.18. The van der Waals surface area contributed by atoms with Crippen LogP contribution in [0.25, 0.3) is 0 Å².